The maximum atomic E-state index is 12.5. The number of primary amides is 1. The molecule has 0 bridgehead atoms. The van der Waals surface area contributed by atoms with Crippen molar-refractivity contribution < 1.29 is 14.4 Å². The molecule has 1 aliphatic heterocycles. The van der Waals surface area contributed by atoms with E-state index in [-0.39, 0.29) is 36.8 Å². The van der Waals surface area contributed by atoms with Gasteiger partial charge in [-0.1, -0.05) is 0 Å². The Kier molecular flexibility index (Phi) is 7.31. The predicted molar refractivity (Wildman–Crippen MR) is 96.8 cm³/mol. The molecule has 2 atom stereocenters. The van der Waals surface area contributed by atoms with E-state index in [1.165, 1.54) is 11.9 Å². The summed E-state index contributed by atoms with van der Waals surface area (Å²) in [7, 11) is 1.51. The van der Waals surface area contributed by atoms with Crippen LogP contribution in [0.15, 0.2) is 9.98 Å². The van der Waals surface area contributed by atoms with E-state index in [4.69, 9.17) is 22.9 Å². The van der Waals surface area contributed by atoms with E-state index in [2.05, 4.69) is 20.6 Å². The molecule has 146 valence electrons. The smallest absolute Gasteiger partial charge is 0.318 e. The number of carbonyl (C=O) groups is 3. The van der Waals surface area contributed by atoms with Gasteiger partial charge in [0.25, 0.3) is 5.91 Å². The van der Waals surface area contributed by atoms with Gasteiger partial charge in [0.1, 0.15) is 5.54 Å². The quantitative estimate of drug-likeness (QED) is 0.158. The molecule has 12 heteroatoms. The first-order valence-corrected chi connectivity index (χ1v) is 8.06. The molecule has 10 N–H and O–H groups in total. The molecule has 1 rings (SSSR count). The molecule has 0 aromatic carbocycles. The second-order valence-corrected chi connectivity index (χ2v) is 6.25. The lowest BCUT2D eigenvalue weighted by molar-refractivity contribution is -0.144. The summed E-state index contributed by atoms with van der Waals surface area (Å²) in [5.41, 5.74) is 20.2. The van der Waals surface area contributed by atoms with Gasteiger partial charge in [0.05, 0.1) is 6.54 Å². The number of nitrogens with zero attached hydrogens (tertiary/aromatic N) is 3. The van der Waals surface area contributed by atoms with Crippen LogP contribution in [0.5, 0.6) is 0 Å². The van der Waals surface area contributed by atoms with Crippen molar-refractivity contribution in [3.8, 4) is 0 Å². The van der Waals surface area contributed by atoms with Crippen molar-refractivity contribution in [2.45, 2.75) is 37.8 Å². The molecule has 0 aliphatic carbocycles. The van der Waals surface area contributed by atoms with Gasteiger partial charge in [-0.3, -0.25) is 25.2 Å². The summed E-state index contributed by atoms with van der Waals surface area (Å²) in [5, 5.41) is 4.61. The summed E-state index contributed by atoms with van der Waals surface area (Å²) in [6, 6.07) is -1.23. The number of aliphatic imine (C=N–C) groups is 2. The average Bonchev–Trinajstić information content (AvgIpc) is 2.53. The van der Waals surface area contributed by atoms with Gasteiger partial charge in [-0.25, -0.2) is 9.79 Å². The number of hydrogen-bond donors (Lipinski definition) is 6. The molecular formula is C14H27N9O3. The number of likely N-dealkylation sites (N-methyl/N-ethyl adjacent to an activating group) is 1. The van der Waals surface area contributed by atoms with Crippen molar-refractivity contribution in [3.05, 3.63) is 0 Å². The van der Waals surface area contributed by atoms with E-state index in [1.807, 2.05) is 0 Å². The van der Waals surface area contributed by atoms with E-state index < -0.39 is 17.5 Å². The van der Waals surface area contributed by atoms with E-state index in [1.54, 1.807) is 6.92 Å². The third kappa shape index (κ3) is 5.88. The third-order valence-electron chi connectivity index (χ3n) is 4.09. The zero-order chi connectivity index (χ0) is 19.9. The van der Waals surface area contributed by atoms with Gasteiger partial charge in [-0.2, -0.15) is 0 Å². The summed E-state index contributed by atoms with van der Waals surface area (Å²) >= 11 is 0. The number of guanidine groups is 2. The molecule has 0 spiro atoms. The molecule has 0 saturated carbocycles. The van der Waals surface area contributed by atoms with Crippen LogP contribution < -0.4 is 33.6 Å². The van der Waals surface area contributed by atoms with Crippen LogP contribution in [-0.4, -0.2) is 66.4 Å². The second-order valence-electron chi connectivity index (χ2n) is 6.25. The van der Waals surface area contributed by atoms with Gasteiger partial charge in [0.15, 0.2) is 5.96 Å². The zero-order valence-corrected chi connectivity index (χ0v) is 15.0. The minimum Gasteiger partial charge on any atom is -0.370 e. The summed E-state index contributed by atoms with van der Waals surface area (Å²) < 4.78 is 0. The van der Waals surface area contributed by atoms with Gasteiger partial charge < -0.3 is 27.8 Å². The predicted octanol–water partition coefficient (Wildman–Crippen LogP) is -2.87. The second kappa shape index (κ2) is 8.99. The van der Waals surface area contributed by atoms with Gasteiger partial charge in [0.2, 0.25) is 11.9 Å². The molecule has 0 fully saturated rings. The molecule has 0 aromatic rings. The minimum absolute atomic E-state index is 0.0105. The van der Waals surface area contributed by atoms with Crippen molar-refractivity contribution in [3.63, 3.8) is 0 Å². The minimum atomic E-state index is -1.20. The Morgan fingerprint density at radius 2 is 2.08 bits per heavy atom. The van der Waals surface area contributed by atoms with Crippen molar-refractivity contribution in [1.82, 2.24) is 15.5 Å². The third-order valence-corrected chi connectivity index (χ3v) is 4.09. The van der Waals surface area contributed by atoms with Crippen LogP contribution in [0, 0.1) is 0 Å². The van der Waals surface area contributed by atoms with Crippen LogP contribution in [0.1, 0.15) is 26.2 Å². The van der Waals surface area contributed by atoms with Crippen molar-refractivity contribution >= 4 is 29.8 Å². The van der Waals surface area contributed by atoms with Crippen LogP contribution in [0.25, 0.3) is 0 Å². The SMILES string of the molecule is CN(C(=O)C[C@H](N)CCCN=C(N)N)[C@@]1(C)CN=C(NC(N)=O)NC1=O. The lowest BCUT2D eigenvalue weighted by Crippen LogP contribution is -2.65. The molecule has 4 amide bonds. The fourth-order valence-corrected chi connectivity index (χ4v) is 2.33. The maximum Gasteiger partial charge on any atom is 0.318 e. The first-order valence-electron chi connectivity index (χ1n) is 8.06. The zero-order valence-electron chi connectivity index (χ0n) is 15.0. The Bertz CT molecular complexity index is 615. The van der Waals surface area contributed by atoms with E-state index >= 15 is 0 Å². The number of hydrogen-bond acceptors (Lipinski definition) is 6. The van der Waals surface area contributed by atoms with Gasteiger partial charge in [-0.15, -0.1) is 0 Å². The fraction of sp³-hybridized carbons (Fsp3) is 0.643. The Balaban J connectivity index is 2.61. The van der Waals surface area contributed by atoms with Crippen LogP contribution in [0.3, 0.4) is 0 Å². The monoisotopic (exact) mass is 369 g/mol. The number of amides is 4. The topological polar surface area (TPSA) is 207 Å². The highest BCUT2D eigenvalue weighted by Crippen LogP contribution is 2.19. The highest BCUT2D eigenvalue weighted by atomic mass is 16.2. The lowest BCUT2D eigenvalue weighted by Gasteiger charge is -2.39. The molecule has 1 heterocycles. The molecule has 0 saturated heterocycles. The average molecular weight is 369 g/mol. The Labute approximate surface area is 151 Å². The standard InChI is InChI=1S/C14H27N9O3/c1-14(7-20-13(21-10(14)25)22-12(18)26)23(2)9(24)6-8(15)4-3-5-19-11(16)17/h8H,3-7,15H2,1-2H3,(H4,16,17,19)(H4,18,20,21,22,25,26)/t8-,14+/m1/s1. The number of carbonyl (C=O) groups excluding carboxylic acids is 3. The number of nitrogens with two attached hydrogens (primary N) is 4. The molecule has 0 aromatic heterocycles. The molecule has 12 nitrogen and oxygen atoms in total. The largest absolute Gasteiger partial charge is 0.370 e. The number of urea groups is 1. The lowest BCUT2D eigenvalue weighted by atomic mass is 9.96. The maximum absolute atomic E-state index is 12.5. The first kappa shape index (κ1) is 21.2. The summed E-state index contributed by atoms with van der Waals surface area (Å²) in [6.45, 7) is 2.00. The Morgan fingerprint density at radius 3 is 2.62 bits per heavy atom. The highest BCUT2D eigenvalue weighted by Gasteiger charge is 2.43. The molecule has 1 aliphatic rings. The highest BCUT2D eigenvalue weighted by molar-refractivity contribution is 6.08. The molecule has 0 unspecified atom stereocenters. The number of rotatable bonds is 7. The van der Waals surface area contributed by atoms with E-state index in [9.17, 15) is 14.4 Å². The van der Waals surface area contributed by atoms with Crippen molar-refractivity contribution in [2.24, 2.45) is 32.9 Å². The molecular weight excluding hydrogens is 342 g/mol. The van der Waals surface area contributed by atoms with Gasteiger partial charge in [0, 0.05) is 26.1 Å². The normalized spacial score (nSPS) is 20.4. The van der Waals surface area contributed by atoms with E-state index in [0.29, 0.717) is 19.4 Å². The molecule has 26 heavy (non-hydrogen) atoms. The number of nitrogens with one attached hydrogen (secondary N) is 2. The van der Waals surface area contributed by atoms with Crippen LogP contribution >= 0.6 is 0 Å². The van der Waals surface area contributed by atoms with Gasteiger partial charge >= 0.3 is 6.03 Å². The van der Waals surface area contributed by atoms with E-state index in [0.717, 1.165) is 0 Å². The van der Waals surface area contributed by atoms with Gasteiger partial charge in [-0.05, 0) is 19.8 Å². The van der Waals surface area contributed by atoms with Crippen LogP contribution in [0.4, 0.5) is 4.79 Å². The van der Waals surface area contributed by atoms with Crippen LogP contribution in [0.2, 0.25) is 0 Å². The first-order chi connectivity index (χ1) is 12.1. The van der Waals surface area contributed by atoms with Crippen molar-refractivity contribution in [1.29, 1.82) is 0 Å². The Hall–Kier alpha value is -2.89. The van der Waals surface area contributed by atoms with Crippen molar-refractivity contribution in [2.75, 3.05) is 20.1 Å². The van der Waals surface area contributed by atoms with Crippen LogP contribution in [-0.2, 0) is 9.59 Å². The summed E-state index contributed by atoms with van der Waals surface area (Å²) in [6.07, 6.45) is 1.27. The summed E-state index contributed by atoms with van der Waals surface area (Å²) in [4.78, 5) is 44.9. The fourth-order valence-electron chi connectivity index (χ4n) is 2.33. The molecule has 0 radical (unpaired) electrons. The Morgan fingerprint density at radius 1 is 1.42 bits per heavy atom. The summed E-state index contributed by atoms with van der Waals surface area (Å²) in [5.74, 6) is -0.805.